The lowest BCUT2D eigenvalue weighted by Crippen LogP contribution is -2.10. The molecule has 190 valence electrons. The zero-order chi connectivity index (χ0) is 25.8. The van der Waals surface area contributed by atoms with Crippen LogP contribution >= 0.6 is 21.6 Å². The summed E-state index contributed by atoms with van der Waals surface area (Å²) in [7, 11) is 0.820. The minimum Gasteiger partial charge on any atom is -0.493 e. The van der Waals surface area contributed by atoms with Crippen molar-refractivity contribution in [2.45, 2.75) is 11.9 Å². The molecule has 0 aliphatic rings. The molecule has 12 heteroatoms. The molecule has 3 aromatic rings. The number of methoxy groups -OCH3 is 2. The lowest BCUT2D eigenvalue weighted by atomic mass is 10.1. The molecule has 1 aromatic carbocycles. The second-order valence-electron chi connectivity index (χ2n) is 8.50. The third-order valence-electron chi connectivity index (χ3n) is 4.98. The van der Waals surface area contributed by atoms with E-state index in [2.05, 4.69) is 34.8 Å². The van der Waals surface area contributed by atoms with Gasteiger partial charge in [0.1, 0.15) is 18.4 Å². The van der Waals surface area contributed by atoms with E-state index in [0.717, 1.165) is 5.75 Å². The molecule has 35 heavy (non-hydrogen) atoms. The summed E-state index contributed by atoms with van der Waals surface area (Å²) in [6.07, 6.45) is 9.83. The molecule has 3 rings (SSSR count). The topological polar surface area (TPSA) is 108 Å². The molecule has 0 saturated heterocycles. The molecule has 0 aliphatic carbocycles. The van der Waals surface area contributed by atoms with Crippen LogP contribution in [-0.4, -0.2) is 77.1 Å². The first-order valence-corrected chi connectivity index (χ1v) is 15.4. The number of ether oxygens (including phenoxy) is 4. The summed E-state index contributed by atoms with van der Waals surface area (Å²) in [4.78, 5) is 9.03. The Labute approximate surface area is 214 Å². The summed E-state index contributed by atoms with van der Waals surface area (Å²) in [6.45, 7) is 0.766. The number of benzene rings is 1. The smallest absolute Gasteiger partial charge is 0.220 e. The van der Waals surface area contributed by atoms with Crippen molar-refractivity contribution in [1.82, 2.24) is 14.5 Å². The van der Waals surface area contributed by atoms with Crippen LogP contribution in [-0.2, 0) is 27.0 Å². The molecule has 9 nitrogen and oxygen atoms in total. The molecule has 0 aliphatic heterocycles. The molecular formula is C23H29ClN4O5S2. The van der Waals surface area contributed by atoms with Crippen molar-refractivity contribution in [1.29, 1.82) is 5.26 Å². The monoisotopic (exact) mass is 540 g/mol. The lowest BCUT2D eigenvalue weighted by molar-refractivity contribution is 0.0492. The van der Waals surface area contributed by atoms with Crippen LogP contribution in [0.3, 0.4) is 0 Å². The Morgan fingerprint density at radius 3 is 2.54 bits per heavy atom. The molecule has 2 aromatic heterocycles. The van der Waals surface area contributed by atoms with E-state index >= 15 is 0 Å². The van der Waals surface area contributed by atoms with Gasteiger partial charge in [-0.3, -0.25) is 4.21 Å². The predicted octanol–water partition coefficient (Wildman–Crippen LogP) is 4.02. The van der Waals surface area contributed by atoms with Crippen LogP contribution in [0.25, 0.3) is 22.3 Å². The third-order valence-corrected chi connectivity index (χ3v) is 7.39. The fourth-order valence-corrected chi connectivity index (χ4v) is 4.55. The number of rotatable bonds is 11. The van der Waals surface area contributed by atoms with Gasteiger partial charge in [0.15, 0.2) is 18.3 Å². The van der Waals surface area contributed by atoms with Gasteiger partial charge in [0.05, 0.1) is 46.2 Å². The van der Waals surface area contributed by atoms with Crippen LogP contribution < -0.4 is 9.47 Å². The van der Waals surface area contributed by atoms with E-state index in [1.165, 1.54) is 20.5 Å². The minimum atomic E-state index is -1.49. The fraction of sp³-hybridized carbons (Fsp3) is 0.435. The fourth-order valence-electron chi connectivity index (χ4n) is 3.26. The highest BCUT2D eigenvalue weighted by atomic mass is 35.5. The van der Waals surface area contributed by atoms with Crippen molar-refractivity contribution in [2.24, 2.45) is 0 Å². The van der Waals surface area contributed by atoms with Gasteiger partial charge in [0.25, 0.3) is 0 Å². The molecular weight excluding hydrogens is 512 g/mol. The highest BCUT2D eigenvalue weighted by Crippen LogP contribution is 2.41. The van der Waals surface area contributed by atoms with Gasteiger partial charge in [-0.1, -0.05) is 11.6 Å². The van der Waals surface area contributed by atoms with Crippen molar-refractivity contribution in [3.8, 4) is 28.8 Å². The van der Waals surface area contributed by atoms with Gasteiger partial charge in [0.2, 0.25) is 5.16 Å². The first-order chi connectivity index (χ1) is 16.6. The van der Waals surface area contributed by atoms with Crippen LogP contribution in [0, 0.1) is 11.3 Å². The van der Waals surface area contributed by atoms with Gasteiger partial charge in [-0.05, 0) is 24.8 Å². The SMILES string of the molecule is COCOc1cc(-c2nc(S(C)=O)nc3c2c(C#N)cn3COCCS(C)(C)C)c(Cl)cc1OC. The summed E-state index contributed by atoms with van der Waals surface area (Å²) >= 11 is 6.61. The van der Waals surface area contributed by atoms with Crippen LogP contribution in [0.15, 0.2) is 23.5 Å². The van der Waals surface area contributed by atoms with E-state index in [4.69, 9.17) is 30.5 Å². The first kappa shape index (κ1) is 27.2. The Bertz CT molecular complexity index is 1280. The van der Waals surface area contributed by atoms with E-state index in [1.54, 1.807) is 22.9 Å². The maximum Gasteiger partial charge on any atom is 0.220 e. The molecule has 0 fully saturated rings. The molecule has 0 radical (unpaired) electrons. The van der Waals surface area contributed by atoms with Gasteiger partial charge < -0.3 is 23.5 Å². The third kappa shape index (κ3) is 6.45. The Morgan fingerprint density at radius 1 is 1.20 bits per heavy atom. The molecule has 0 saturated carbocycles. The molecule has 0 N–H and O–H groups in total. The van der Waals surface area contributed by atoms with Crippen molar-refractivity contribution in [3.63, 3.8) is 0 Å². The van der Waals surface area contributed by atoms with Gasteiger partial charge in [-0.15, -0.1) is 0 Å². The average molecular weight is 541 g/mol. The maximum absolute atomic E-state index is 12.4. The van der Waals surface area contributed by atoms with E-state index in [1.807, 2.05) is 0 Å². The second-order valence-corrected chi connectivity index (χ2v) is 14.8. The highest BCUT2D eigenvalue weighted by Gasteiger charge is 2.23. The molecule has 0 bridgehead atoms. The maximum atomic E-state index is 12.4. The van der Waals surface area contributed by atoms with E-state index in [0.29, 0.717) is 51.0 Å². The van der Waals surface area contributed by atoms with E-state index in [-0.39, 0.29) is 18.7 Å². The quantitative estimate of drug-likeness (QED) is 0.204. The average Bonchev–Trinajstić information content (AvgIpc) is 3.17. The first-order valence-electron chi connectivity index (χ1n) is 10.5. The largest absolute Gasteiger partial charge is 0.493 e. The summed E-state index contributed by atoms with van der Waals surface area (Å²) in [5.74, 6) is 1.74. The van der Waals surface area contributed by atoms with Gasteiger partial charge >= 0.3 is 0 Å². The summed E-state index contributed by atoms with van der Waals surface area (Å²) in [5.41, 5.74) is 1.62. The molecule has 1 unspecified atom stereocenters. The summed E-state index contributed by atoms with van der Waals surface area (Å²) < 4.78 is 36.1. The van der Waals surface area contributed by atoms with Crippen molar-refractivity contribution in [2.75, 3.05) is 58.4 Å². The number of hydrogen-bond donors (Lipinski definition) is 0. The number of nitrogens with zero attached hydrogens (tertiary/aromatic N) is 4. The molecule has 2 heterocycles. The van der Waals surface area contributed by atoms with Crippen molar-refractivity contribution in [3.05, 3.63) is 28.9 Å². The van der Waals surface area contributed by atoms with Crippen LogP contribution in [0.1, 0.15) is 5.56 Å². The van der Waals surface area contributed by atoms with Crippen LogP contribution in [0.4, 0.5) is 0 Å². The lowest BCUT2D eigenvalue weighted by Gasteiger charge is -2.24. The Kier molecular flexibility index (Phi) is 9.01. The normalized spacial score (nSPS) is 13.0. The molecule has 0 amide bonds. The van der Waals surface area contributed by atoms with Crippen LogP contribution in [0.2, 0.25) is 5.02 Å². The second kappa shape index (κ2) is 11.6. The zero-order valence-corrected chi connectivity index (χ0v) is 23.0. The van der Waals surface area contributed by atoms with E-state index < -0.39 is 20.8 Å². The number of nitriles is 1. The van der Waals surface area contributed by atoms with Gasteiger partial charge in [-0.25, -0.2) is 20.0 Å². The Hall–Kier alpha value is -2.36. The standard InChI is InChI=1S/C23H29ClN4O5S2/c1-30-14-33-19-9-16(17(24)10-18(19)31-2)21-20-15(11-25)12-28(13-32-7-8-35(4,5)6)22(20)27-23(26-21)34(3)29/h9-10,12H,7-8,13-14H2,1-6H3. The van der Waals surface area contributed by atoms with E-state index in [9.17, 15) is 9.47 Å². The zero-order valence-electron chi connectivity index (χ0n) is 20.6. The summed E-state index contributed by atoms with van der Waals surface area (Å²) in [6, 6.07) is 5.46. The Balaban J connectivity index is 2.18. The van der Waals surface area contributed by atoms with Gasteiger partial charge in [-0.2, -0.15) is 5.26 Å². The van der Waals surface area contributed by atoms with Gasteiger partial charge in [0, 0.05) is 36.9 Å². The number of hydrogen-bond acceptors (Lipinski definition) is 8. The Morgan fingerprint density at radius 2 is 1.94 bits per heavy atom. The highest BCUT2D eigenvalue weighted by molar-refractivity contribution is 8.32. The number of aromatic nitrogens is 3. The van der Waals surface area contributed by atoms with Crippen molar-refractivity contribution < 1.29 is 23.2 Å². The minimum absolute atomic E-state index is 0.00567. The predicted molar refractivity (Wildman–Crippen MR) is 140 cm³/mol. The number of halogens is 1. The van der Waals surface area contributed by atoms with Crippen LogP contribution in [0.5, 0.6) is 11.5 Å². The van der Waals surface area contributed by atoms with Crippen molar-refractivity contribution >= 4 is 43.5 Å². The summed E-state index contributed by atoms with van der Waals surface area (Å²) in [5, 5.41) is 10.8. The molecule has 0 spiro atoms. The number of fused-ring (bicyclic) bond motifs is 1. The molecule has 1 atom stereocenters.